The van der Waals surface area contributed by atoms with Gasteiger partial charge in [-0.2, -0.15) is 0 Å². The van der Waals surface area contributed by atoms with E-state index in [-0.39, 0.29) is 11.8 Å². The molecule has 1 aliphatic heterocycles. The first-order valence-electron chi connectivity index (χ1n) is 6.64. The van der Waals surface area contributed by atoms with Gasteiger partial charge in [0.1, 0.15) is 6.04 Å². The molecule has 1 fully saturated rings. The first-order chi connectivity index (χ1) is 9.00. The van der Waals surface area contributed by atoms with Gasteiger partial charge in [0.2, 0.25) is 11.8 Å². The van der Waals surface area contributed by atoms with Crippen LogP contribution in [0.25, 0.3) is 0 Å². The summed E-state index contributed by atoms with van der Waals surface area (Å²) in [7, 11) is 0. The monoisotopic (exact) mass is 269 g/mol. The third-order valence-electron chi connectivity index (χ3n) is 3.08. The van der Waals surface area contributed by atoms with Crippen LogP contribution in [0.2, 0.25) is 0 Å². The molecule has 0 aromatic rings. The van der Waals surface area contributed by atoms with Crippen molar-refractivity contribution >= 4 is 11.8 Å². The van der Waals surface area contributed by atoms with Crippen LogP contribution in [0.15, 0.2) is 0 Å². The number of carbonyl (C=O) groups excluding carboxylic acids is 2. The maximum absolute atomic E-state index is 11.9. The number of hydrogen-bond donors (Lipinski definition) is 2. The summed E-state index contributed by atoms with van der Waals surface area (Å²) < 4.78 is 5.25. The van der Waals surface area contributed by atoms with Crippen LogP contribution in [-0.4, -0.2) is 62.1 Å². The molecule has 0 aliphatic carbocycles. The van der Waals surface area contributed by atoms with Gasteiger partial charge < -0.3 is 15.4 Å². The Morgan fingerprint density at radius 2 is 1.95 bits per heavy atom. The Morgan fingerprint density at radius 1 is 1.32 bits per heavy atom. The lowest BCUT2D eigenvalue weighted by atomic mass is 10.0. The van der Waals surface area contributed by atoms with Crippen molar-refractivity contribution in [3.8, 4) is 0 Å². The molecule has 0 aromatic carbocycles. The van der Waals surface area contributed by atoms with Crippen molar-refractivity contribution < 1.29 is 14.3 Å². The lowest BCUT2D eigenvalue weighted by molar-refractivity contribution is -0.128. The van der Waals surface area contributed by atoms with Gasteiger partial charge in [0.15, 0.2) is 0 Å². The summed E-state index contributed by atoms with van der Waals surface area (Å²) in [6.07, 6.45) is 0. The quantitative estimate of drug-likeness (QED) is 0.668. The summed E-state index contributed by atoms with van der Waals surface area (Å²) in [5, 5.41) is 5.29. The van der Waals surface area contributed by atoms with Gasteiger partial charge in [-0.05, 0) is 5.92 Å². The average Bonchev–Trinajstić information content (AvgIpc) is 2.36. The molecule has 1 unspecified atom stereocenters. The Hall–Kier alpha value is -1.14. The molecule has 1 heterocycles. The van der Waals surface area contributed by atoms with Crippen LogP contribution in [0, 0.1) is 12.8 Å². The maximum Gasteiger partial charge on any atom is 0.242 e. The number of amides is 2. The van der Waals surface area contributed by atoms with Crippen molar-refractivity contribution in [1.82, 2.24) is 15.5 Å². The molecule has 108 valence electrons. The molecule has 19 heavy (non-hydrogen) atoms. The van der Waals surface area contributed by atoms with Gasteiger partial charge in [0.25, 0.3) is 0 Å². The zero-order valence-electron chi connectivity index (χ0n) is 11.6. The molecular weight excluding hydrogens is 246 g/mol. The van der Waals surface area contributed by atoms with E-state index in [4.69, 9.17) is 11.7 Å². The molecule has 6 heteroatoms. The largest absolute Gasteiger partial charge is 0.379 e. The van der Waals surface area contributed by atoms with Crippen LogP contribution >= 0.6 is 0 Å². The number of ether oxygens (including phenoxy) is 1. The van der Waals surface area contributed by atoms with Gasteiger partial charge in [-0.3, -0.25) is 14.5 Å². The fourth-order valence-electron chi connectivity index (χ4n) is 1.96. The minimum absolute atomic E-state index is 0.00381. The summed E-state index contributed by atoms with van der Waals surface area (Å²) in [6, 6.07) is -0.581. The van der Waals surface area contributed by atoms with Gasteiger partial charge in [-0.25, -0.2) is 0 Å². The Bertz CT molecular complexity index is 302. The summed E-state index contributed by atoms with van der Waals surface area (Å²) in [4.78, 5) is 25.0. The second kappa shape index (κ2) is 8.12. The molecule has 1 rings (SSSR count). The highest BCUT2D eigenvalue weighted by molar-refractivity contribution is 5.89. The van der Waals surface area contributed by atoms with Gasteiger partial charge in [-0.15, -0.1) is 0 Å². The highest BCUT2D eigenvalue weighted by Gasteiger charge is 2.22. The molecular formula is C13H23N3O3. The molecule has 0 bridgehead atoms. The van der Waals surface area contributed by atoms with E-state index in [2.05, 4.69) is 15.5 Å². The van der Waals surface area contributed by atoms with E-state index < -0.39 is 11.9 Å². The number of nitrogens with one attached hydrogen (secondary N) is 2. The summed E-state index contributed by atoms with van der Waals surface area (Å²) in [5.41, 5.74) is 0. The zero-order chi connectivity index (χ0) is 14.3. The average molecular weight is 269 g/mol. The van der Waals surface area contributed by atoms with Crippen LogP contribution in [-0.2, 0) is 14.3 Å². The van der Waals surface area contributed by atoms with Crippen molar-refractivity contribution in [3.05, 3.63) is 6.92 Å². The highest BCUT2D eigenvalue weighted by atomic mass is 16.5. The number of rotatable bonds is 6. The second-order valence-corrected chi connectivity index (χ2v) is 4.98. The predicted molar refractivity (Wildman–Crippen MR) is 71.3 cm³/mol. The Balaban J connectivity index is 2.29. The molecule has 1 aliphatic rings. The molecule has 2 radical (unpaired) electrons. The van der Waals surface area contributed by atoms with Crippen LogP contribution in [0.1, 0.15) is 13.8 Å². The van der Waals surface area contributed by atoms with E-state index in [1.54, 1.807) is 0 Å². The SMILES string of the molecule is [CH]C(=O)NC(C(=O)NCCN1CCOCC1)C(C)C. The van der Waals surface area contributed by atoms with Crippen LogP contribution in [0.4, 0.5) is 0 Å². The van der Waals surface area contributed by atoms with E-state index in [0.29, 0.717) is 6.54 Å². The Kier molecular flexibility index (Phi) is 6.80. The lowest BCUT2D eigenvalue weighted by Crippen LogP contribution is -2.50. The third kappa shape index (κ3) is 6.02. The minimum atomic E-state index is -0.679. The Morgan fingerprint density at radius 3 is 2.47 bits per heavy atom. The number of hydrogen-bond acceptors (Lipinski definition) is 4. The van der Waals surface area contributed by atoms with Gasteiger partial charge in [0, 0.05) is 26.2 Å². The summed E-state index contributed by atoms with van der Waals surface area (Å²) >= 11 is 0. The van der Waals surface area contributed by atoms with E-state index in [1.807, 2.05) is 13.8 Å². The standard InChI is InChI=1S/C13H23N3O3/c1-10(2)12(15-11(3)17)13(18)14-4-5-16-6-8-19-9-7-16/h3,10,12H,4-9H2,1-2H3,(H,14,18)(H,15,17). The summed E-state index contributed by atoms with van der Waals surface area (Å²) in [5.74, 6) is -0.875. The second-order valence-electron chi connectivity index (χ2n) is 4.98. The van der Waals surface area contributed by atoms with E-state index >= 15 is 0 Å². The van der Waals surface area contributed by atoms with Gasteiger partial charge in [-0.1, -0.05) is 13.8 Å². The topological polar surface area (TPSA) is 70.7 Å². The normalized spacial score (nSPS) is 18.1. The first kappa shape index (κ1) is 15.9. The smallest absolute Gasteiger partial charge is 0.242 e. The molecule has 6 nitrogen and oxygen atoms in total. The van der Waals surface area contributed by atoms with Crippen LogP contribution < -0.4 is 10.6 Å². The van der Waals surface area contributed by atoms with Gasteiger partial charge in [0.05, 0.1) is 20.1 Å². The van der Waals surface area contributed by atoms with E-state index in [0.717, 1.165) is 32.8 Å². The molecule has 0 saturated carbocycles. The maximum atomic E-state index is 11.9. The van der Waals surface area contributed by atoms with E-state index in [9.17, 15) is 9.59 Å². The third-order valence-corrected chi connectivity index (χ3v) is 3.08. The molecule has 0 spiro atoms. The van der Waals surface area contributed by atoms with Gasteiger partial charge >= 0.3 is 0 Å². The van der Waals surface area contributed by atoms with Crippen molar-refractivity contribution in [3.63, 3.8) is 0 Å². The van der Waals surface area contributed by atoms with Crippen LogP contribution in [0.5, 0.6) is 0 Å². The van der Waals surface area contributed by atoms with Crippen molar-refractivity contribution in [1.29, 1.82) is 0 Å². The van der Waals surface area contributed by atoms with Crippen molar-refractivity contribution in [2.75, 3.05) is 39.4 Å². The Labute approximate surface area is 114 Å². The zero-order valence-corrected chi connectivity index (χ0v) is 11.6. The molecule has 1 saturated heterocycles. The highest BCUT2D eigenvalue weighted by Crippen LogP contribution is 2.01. The minimum Gasteiger partial charge on any atom is -0.379 e. The van der Waals surface area contributed by atoms with Crippen molar-refractivity contribution in [2.24, 2.45) is 5.92 Å². The first-order valence-corrected chi connectivity index (χ1v) is 6.64. The summed E-state index contributed by atoms with van der Waals surface area (Å²) in [6.45, 7) is 13.4. The fourth-order valence-corrected chi connectivity index (χ4v) is 1.96. The molecule has 2 N–H and O–H groups in total. The number of carbonyl (C=O) groups is 2. The van der Waals surface area contributed by atoms with Crippen LogP contribution in [0.3, 0.4) is 0 Å². The lowest BCUT2D eigenvalue weighted by Gasteiger charge is -2.27. The fraction of sp³-hybridized carbons (Fsp3) is 0.769. The van der Waals surface area contributed by atoms with E-state index in [1.165, 1.54) is 0 Å². The predicted octanol–water partition coefficient (Wildman–Crippen LogP) is -0.713. The number of nitrogens with zero attached hydrogens (tertiary/aromatic N) is 1. The number of morpholine rings is 1. The molecule has 2 amide bonds. The van der Waals surface area contributed by atoms with Crippen molar-refractivity contribution in [2.45, 2.75) is 19.9 Å². The molecule has 1 atom stereocenters. The molecule has 0 aromatic heterocycles.